The molecule has 0 fully saturated rings. The largest absolute Gasteiger partial charge is 0.396 e. The molecule has 1 aromatic heterocycles. The van der Waals surface area contributed by atoms with Crippen LogP contribution in [0.25, 0.3) is 0 Å². The summed E-state index contributed by atoms with van der Waals surface area (Å²) >= 11 is 0. The van der Waals surface area contributed by atoms with Crippen LogP contribution in [-0.2, 0) is 0 Å². The maximum atomic E-state index is 11.5. The van der Waals surface area contributed by atoms with E-state index in [2.05, 4.69) is 4.98 Å². The van der Waals surface area contributed by atoms with Crippen molar-refractivity contribution in [2.45, 2.75) is 12.5 Å². The second-order valence-corrected chi connectivity index (χ2v) is 3.60. The number of H-pyrrole nitrogens is 1. The number of nitrogens with one attached hydrogen (secondary N) is 1. The molecule has 0 amide bonds. The molecule has 80 valence electrons. The Morgan fingerprint density at radius 3 is 3.00 bits per heavy atom. The lowest BCUT2D eigenvalue weighted by Gasteiger charge is -2.19. The van der Waals surface area contributed by atoms with Crippen LogP contribution in [0, 0.1) is 5.92 Å². The van der Waals surface area contributed by atoms with Gasteiger partial charge < -0.3 is 5.11 Å². The fraction of sp³-hybridized carbons (Fsp3) is 0.400. The van der Waals surface area contributed by atoms with Crippen LogP contribution in [0.5, 0.6) is 0 Å². The molecular formula is C10H12N2O3. The molecule has 0 aliphatic heterocycles. The smallest absolute Gasteiger partial charge is 0.328 e. The van der Waals surface area contributed by atoms with E-state index < -0.39 is 11.2 Å². The van der Waals surface area contributed by atoms with Crippen molar-refractivity contribution in [3.05, 3.63) is 45.3 Å². The first-order valence-electron chi connectivity index (χ1n) is 4.81. The van der Waals surface area contributed by atoms with E-state index in [1.165, 1.54) is 16.8 Å². The second-order valence-electron chi connectivity index (χ2n) is 3.60. The van der Waals surface area contributed by atoms with Crippen molar-refractivity contribution >= 4 is 0 Å². The van der Waals surface area contributed by atoms with Gasteiger partial charge >= 0.3 is 5.69 Å². The number of hydrogen-bond donors (Lipinski definition) is 2. The van der Waals surface area contributed by atoms with Gasteiger partial charge in [0.05, 0.1) is 6.61 Å². The maximum absolute atomic E-state index is 11.5. The molecule has 1 aliphatic carbocycles. The molecule has 15 heavy (non-hydrogen) atoms. The zero-order valence-electron chi connectivity index (χ0n) is 8.09. The van der Waals surface area contributed by atoms with E-state index in [4.69, 9.17) is 5.11 Å². The van der Waals surface area contributed by atoms with Crippen LogP contribution >= 0.6 is 0 Å². The van der Waals surface area contributed by atoms with Gasteiger partial charge in [-0.3, -0.25) is 14.3 Å². The van der Waals surface area contributed by atoms with Crippen LogP contribution < -0.4 is 11.2 Å². The Balaban J connectivity index is 2.38. The Kier molecular flexibility index (Phi) is 2.55. The minimum absolute atomic E-state index is 0.00668. The van der Waals surface area contributed by atoms with Gasteiger partial charge in [-0.25, -0.2) is 4.79 Å². The minimum Gasteiger partial charge on any atom is -0.396 e. The van der Waals surface area contributed by atoms with Crippen molar-refractivity contribution in [1.29, 1.82) is 0 Å². The molecular weight excluding hydrogens is 196 g/mol. The molecule has 0 aromatic carbocycles. The molecule has 2 atom stereocenters. The van der Waals surface area contributed by atoms with Gasteiger partial charge in [0.1, 0.15) is 0 Å². The fourth-order valence-corrected chi connectivity index (χ4v) is 1.89. The Morgan fingerprint density at radius 2 is 2.33 bits per heavy atom. The molecule has 5 heteroatoms. The summed E-state index contributed by atoms with van der Waals surface area (Å²) in [5.41, 5.74) is -0.822. The number of nitrogens with zero attached hydrogens (tertiary/aromatic N) is 1. The summed E-state index contributed by atoms with van der Waals surface area (Å²) in [6.07, 6.45) is 6.00. The average molecular weight is 208 g/mol. The van der Waals surface area contributed by atoms with Crippen molar-refractivity contribution in [3.8, 4) is 0 Å². The van der Waals surface area contributed by atoms with E-state index in [-0.39, 0.29) is 18.6 Å². The molecule has 2 N–H and O–H groups in total. The van der Waals surface area contributed by atoms with Crippen LogP contribution in [0.1, 0.15) is 12.5 Å². The van der Waals surface area contributed by atoms with Crippen molar-refractivity contribution in [1.82, 2.24) is 9.55 Å². The highest BCUT2D eigenvalue weighted by atomic mass is 16.3. The van der Waals surface area contributed by atoms with Gasteiger partial charge in [-0.1, -0.05) is 12.2 Å². The van der Waals surface area contributed by atoms with E-state index in [1.54, 1.807) is 0 Å². The Labute approximate surface area is 85.7 Å². The summed E-state index contributed by atoms with van der Waals surface area (Å²) < 4.78 is 1.46. The van der Waals surface area contributed by atoms with Gasteiger partial charge in [-0.05, 0) is 6.42 Å². The fourth-order valence-electron chi connectivity index (χ4n) is 1.89. The summed E-state index contributed by atoms with van der Waals surface area (Å²) in [5.74, 6) is -0.0476. The summed E-state index contributed by atoms with van der Waals surface area (Å²) in [5, 5.41) is 9.10. The molecule has 0 bridgehead atoms. The number of aliphatic hydroxyl groups is 1. The van der Waals surface area contributed by atoms with Crippen molar-refractivity contribution in [3.63, 3.8) is 0 Å². The molecule has 1 heterocycles. The standard InChI is InChI=1S/C10H12N2O3/c13-6-7-2-1-3-8(7)12-5-4-9(14)11-10(12)15/h1-2,4-5,7-8,13H,3,6H2,(H,11,14,15). The second kappa shape index (κ2) is 3.86. The lowest BCUT2D eigenvalue weighted by molar-refractivity contribution is 0.214. The van der Waals surface area contributed by atoms with Crippen LogP contribution in [-0.4, -0.2) is 21.3 Å². The quantitative estimate of drug-likeness (QED) is 0.652. The summed E-state index contributed by atoms with van der Waals surface area (Å²) in [4.78, 5) is 24.6. The highest BCUT2D eigenvalue weighted by molar-refractivity contribution is 5.04. The van der Waals surface area contributed by atoms with E-state index in [9.17, 15) is 9.59 Å². The first-order chi connectivity index (χ1) is 7.22. The highest BCUT2D eigenvalue weighted by Crippen LogP contribution is 2.27. The van der Waals surface area contributed by atoms with Gasteiger partial charge in [-0.15, -0.1) is 0 Å². The van der Waals surface area contributed by atoms with Gasteiger partial charge in [0.15, 0.2) is 0 Å². The number of aromatic nitrogens is 2. The van der Waals surface area contributed by atoms with Crippen LogP contribution in [0.4, 0.5) is 0 Å². The summed E-state index contributed by atoms with van der Waals surface area (Å²) in [6, 6.07) is 1.23. The SMILES string of the molecule is O=c1ccn(C2CC=CC2CO)c(=O)[nH]1. The Bertz CT molecular complexity index is 486. The molecule has 2 rings (SSSR count). The molecule has 0 radical (unpaired) electrons. The summed E-state index contributed by atoms with van der Waals surface area (Å²) in [7, 11) is 0. The Hall–Kier alpha value is -1.62. The molecule has 0 saturated heterocycles. The number of rotatable bonds is 2. The van der Waals surface area contributed by atoms with Crippen LogP contribution in [0.15, 0.2) is 34.0 Å². The van der Waals surface area contributed by atoms with Crippen molar-refractivity contribution < 1.29 is 5.11 Å². The molecule has 0 spiro atoms. The van der Waals surface area contributed by atoms with E-state index in [0.717, 1.165) is 0 Å². The third-order valence-electron chi connectivity index (χ3n) is 2.67. The predicted molar refractivity (Wildman–Crippen MR) is 54.7 cm³/mol. The molecule has 1 aliphatic rings. The lowest BCUT2D eigenvalue weighted by Crippen LogP contribution is -2.33. The molecule has 0 saturated carbocycles. The normalized spacial score (nSPS) is 24.6. The first-order valence-corrected chi connectivity index (χ1v) is 4.81. The van der Waals surface area contributed by atoms with Crippen molar-refractivity contribution in [2.24, 2.45) is 5.92 Å². The summed E-state index contributed by atoms with van der Waals surface area (Å²) in [6.45, 7) is 0.00668. The number of aromatic amines is 1. The minimum atomic E-state index is -0.422. The van der Waals surface area contributed by atoms with Crippen LogP contribution in [0.2, 0.25) is 0 Å². The number of aliphatic hydroxyl groups excluding tert-OH is 1. The highest BCUT2D eigenvalue weighted by Gasteiger charge is 2.24. The molecule has 2 unspecified atom stereocenters. The van der Waals surface area contributed by atoms with E-state index >= 15 is 0 Å². The van der Waals surface area contributed by atoms with Gasteiger partial charge in [0, 0.05) is 24.2 Å². The lowest BCUT2D eigenvalue weighted by atomic mass is 10.1. The van der Waals surface area contributed by atoms with Gasteiger partial charge in [0.2, 0.25) is 0 Å². The zero-order chi connectivity index (χ0) is 10.8. The van der Waals surface area contributed by atoms with E-state index in [0.29, 0.717) is 6.42 Å². The van der Waals surface area contributed by atoms with Gasteiger partial charge in [-0.2, -0.15) is 0 Å². The topological polar surface area (TPSA) is 75.1 Å². The van der Waals surface area contributed by atoms with Gasteiger partial charge in [0.25, 0.3) is 5.56 Å². The Morgan fingerprint density at radius 1 is 1.53 bits per heavy atom. The predicted octanol–water partition coefficient (Wildman–Crippen LogP) is -0.354. The zero-order valence-corrected chi connectivity index (χ0v) is 8.09. The van der Waals surface area contributed by atoms with Crippen molar-refractivity contribution in [2.75, 3.05) is 6.61 Å². The molecule has 1 aromatic rings. The number of allylic oxidation sites excluding steroid dienone is 1. The maximum Gasteiger partial charge on any atom is 0.328 e. The van der Waals surface area contributed by atoms with Crippen LogP contribution in [0.3, 0.4) is 0 Å². The third kappa shape index (κ3) is 1.78. The molecule has 5 nitrogen and oxygen atoms in total. The third-order valence-corrected chi connectivity index (χ3v) is 2.67. The van der Waals surface area contributed by atoms with E-state index in [1.807, 2.05) is 12.2 Å². The average Bonchev–Trinajstić information content (AvgIpc) is 2.65. The first kappa shape index (κ1) is 9.92. The monoisotopic (exact) mass is 208 g/mol. The number of hydrogen-bond acceptors (Lipinski definition) is 3.